The molecular weight excluding hydrogens is 294 g/mol. The number of nitrogens with one attached hydrogen (secondary N) is 2. The first kappa shape index (κ1) is 14.8. The van der Waals surface area contributed by atoms with Crippen molar-refractivity contribution in [2.45, 2.75) is 6.92 Å². The second-order valence-corrected chi connectivity index (χ2v) is 4.78. The summed E-state index contributed by atoms with van der Waals surface area (Å²) in [7, 11) is 0. The van der Waals surface area contributed by atoms with Gasteiger partial charge in [0.25, 0.3) is 5.69 Å². The van der Waals surface area contributed by atoms with E-state index in [1.54, 1.807) is 12.1 Å². The highest BCUT2D eigenvalue weighted by Gasteiger charge is 2.13. The van der Waals surface area contributed by atoms with E-state index in [0.29, 0.717) is 5.69 Å². The summed E-state index contributed by atoms with van der Waals surface area (Å²) >= 11 is 5.70. The van der Waals surface area contributed by atoms with Crippen molar-refractivity contribution >= 4 is 34.7 Å². The SMILES string of the molecule is Cc1ccc(NC(=O)Nc2ccc(Cl)c([N+](=O)[O-])c2)cc1. The summed E-state index contributed by atoms with van der Waals surface area (Å²) in [6.45, 7) is 1.94. The zero-order valence-electron chi connectivity index (χ0n) is 11.1. The lowest BCUT2D eigenvalue weighted by Gasteiger charge is -2.08. The van der Waals surface area contributed by atoms with Gasteiger partial charge in [-0.05, 0) is 31.2 Å². The Morgan fingerprint density at radius 1 is 1.10 bits per heavy atom. The van der Waals surface area contributed by atoms with Crippen molar-refractivity contribution in [2.75, 3.05) is 10.6 Å². The minimum atomic E-state index is -0.606. The Bertz CT molecular complexity index is 686. The maximum atomic E-state index is 11.8. The average Bonchev–Trinajstić information content (AvgIpc) is 2.43. The van der Waals surface area contributed by atoms with Gasteiger partial charge in [-0.1, -0.05) is 29.3 Å². The van der Waals surface area contributed by atoms with E-state index in [4.69, 9.17) is 11.6 Å². The van der Waals surface area contributed by atoms with E-state index in [-0.39, 0.29) is 16.4 Å². The van der Waals surface area contributed by atoms with E-state index in [1.165, 1.54) is 18.2 Å². The molecule has 0 heterocycles. The summed E-state index contributed by atoms with van der Waals surface area (Å²) in [6.07, 6.45) is 0. The molecule has 2 aromatic rings. The molecule has 0 saturated carbocycles. The molecule has 0 aliphatic heterocycles. The van der Waals surface area contributed by atoms with Crippen molar-refractivity contribution < 1.29 is 9.72 Å². The number of carbonyl (C=O) groups excluding carboxylic acids is 1. The van der Waals surface area contributed by atoms with E-state index < -0.39 is 11.0 Å². The van der Waals surface area contributed by atoms with Crippen LogP contribution in [0.2, 0.25) is 5.02 Å². The van der Waals surface area contributed by atoms with E-state index in [0.717, 1.165) is 5.56 Å². The summed E-state index contributed by atoms with van der Waals surface area (Å²) in [5.74, 6) is 0. The van der Waals surface area contributed by atoms with Gasteiger partial charge in [0, 0.05) is 17.4 Å². The third-order valence-corrected chi connectivity index (χ3v) is 3.03. The number of hydrogen-bond acceptors (Lipinski definition) is 3. The molecule has 108 valence electrons. The van der Waals surface area contributed by atoms with Crippen LogP contribution < -0.4 is 10.6 Å². The molecule has 0 radical (unpaired) electrons. The fourth-order valence-corrected chi connectivity index (χ4v) is 1.85. The number of nitro benzene ring substituents is 1. The molecule has 0 bridgehead atoms. The number of halogens is 1. The largest absolute Gasteiger partial charge is 0.323 e. The molecule has 2 amide bonds. The van der Waals surface area contributed by atoms with Crippen molar-refractivity contribution in [3.63, 3.8) is 0 Å². The smallest absolute Gasteiger partial charge is 0.308 e. The summed E-state index contributed by atoms with van der Waals surface area (Å²) in [6, 6.07) is 10.8. The first-order chi connectivity index (χ1) is 9.95. The fourth-order valence-electron chi connectivity index (χ4n) is 1.66. The molecule has 0 aromatic heterocycles. The minimum Gasteiger partial charge on any atom is -0.308 e. The third kappa shape index (κ3) is 3.93. The van der Waals surface area contributed by atoms with Gasteiger partial charge in [0.15, 0.2) is 0 Å². The molecule has 2 N–H and O–H groups in total. The van der Waals surface area contributed by atoms with Gasteiger partial charge in [-0.25, -0.2) is 4.79 Å². The maximum absolute atomic E-state index is 11.8. The Hall–Kier alpha value is -2.60. The number of hydrogen-bond donors (Lipinski definition) is 2. The number of nitro groups is 1. The van der Waals surface area contributed by atoms with Gasteiger partial charge in [0.05, 0.1) is 4.92 Å². The van der Waals surface area contributed by atoms with Gasteiger partial charge >= 0.3 is 6.03 Å². The van der Waals surface area contributed by atoms with Gasteiger partial charge in [-0.15, -0.1) is 0 Å². The van der Waals surface area contributed by atoms with Crippen molar-refractivity contribution in [1.29, 1.82) is 0 Å². The highest BCUT2D eigenvalue weighted by molar-refractivity contribution is 6.32. The van der Waals surface area contributed by atoms with Crippen molar-refractivity contribution in [3.8, 4) is 0 Å². The molecule has 0 atom stereocenters. The van der Waals surface area contributed by atoms with Gasteiger partial charge in [0.1, 0.15) is 5.02 Å². The molecule has 7 heteroatoms. The monoisotopic (exact) mass is 305 g/mol. The number of benzene rings is 2. The van der Waals surface area contributed by atoms with Crippen LogP contribution in [0.3, 0.4) is 0 Å². The molecule has 0 fully saturated rings. The summed E-state index contributed by atoms with van der Waals surface area (Å²) < 4.78 is 0. The second kappa shape index (κ2) is 6.23. The molecular formula is C14H12ClN3O3. The zero-order valence-corrected chi connectivity index (χ0v) is 11.8. The van der Waals surface area contributed by atoms with Crippen molar-refractivity contribution in [2.24, 2.45) is 0 Å². The number of nitrogens with zero attached hydrogens (tertiary/aromatic N) is 1. The predicted molar refractivity (Wildman–Crippen MR) is 81.9 cm³/mol. The Balaban J connectivity index is 2.07. The normalized spacial score (nSPS) is 10.0. The topological polar surface area (TPSA) is 84.3 Å². The van der Waals surface area contributed by atoms with E-state index in [1.807, 2.05) is 19.1 Å². The average molecular weight is 306 g/mol. The lowest BCUT2D eigenvalue weighted by Crippen LogP contribution is -2.19. The van der Waals surface area contributed by atoms with Gasteiger partial charge in [-0.3, -0.25) is 10.1 Å². The molecule has 0 saturated heterocycles. The van der Waals surface area contributed by atoms with Gasteiger partial charge < -0.3 is 10.6 Å². The third-order valence-electron chi connectivity index (χ3n) is 2.71. The lowest BCUT2D eigenvalue weighted by atomic mass is 10.2. The Kier molecular flexibility index (Phi) is 4.39. The molecule has 0 aliphatic carbocycles. The minimum absolute atomic E-state index is 0.0180. The molecule has 0 unspecified atom stereocenters. The highest BCUT2D eigenvalue weighted by atomic mass is 35.5. The zero-order chi connectivity index (χ0) is 15.4. The van der Waals surface area contributed by atoms with Crippen molar-refractivity contribution in [1.82, 2.24) is 0 Å². The van der Waals surface area contributed by atoms with Gasteiger partial charge in [-0.2, -0.15) is 0 Å². The van der Waals surface area contributed by atoms with E-state index >= 15 is 0 Å². The highest BCUT2D eigenvalue weighted by Crippen LogP contribution is 2.27. The van der Waals surface area contributed by atoms with Crippen LogP contribution in [-0.2, 0) is 0 Å². The quantitative estimate of drug-likeness (QED) is 0.658. The standard InChI is InChI=1S/C14H12ClN3O3/c1-9-2-4-10(5-3-9)16-14(19)17-11-6-7-12(15)13(8-11)18(20)21/h2-8H,1H3,(H2,16,17,19). The number of rotatable bonds is 3. The molecule has 2 aromatic carbocycles. The summed E-state index contributed by atoms with van der Waals surface area (Å²) in [5, 5.41) is 15.9. The maximum Gasteiger partial charge on any atom is 0.323 e. The van der Waals surface area contributed by atoms with E-state index in [9.17, 15) is 14.9 Å². The van der Waals surface area contributed by atoms with Crippen molar-refractivity contribution in [3.05, 3.63) is 63.2 Å². The number of anilines is 2. The second-order valence-electron chi connectivity index (χ2n) is 4.37. The van der Waals surface area contributed by atoms with Crippen LogP contribution in [0.25, 0.3) is 0 Å². The first-order valence-electron chi connectivity index (χ1n) is 6.04. The summed E-state index contributed by atoms with van der Waals surface area (Å²) in [5.41, 5.74) is 1.73. The number of amides is 2. The molecule has 21 heavy (non-hydrogen) atoms. The fraction of sp³-hybridized carbons (Fsp3) is 0.0714. The van der Waals surface area contributed by atoms with E-state index in [2.05, 4.69) is 10.6 Å². The Morgan fingerprint density at radius 3 is 2.29 bits per heavy atom. The number of carbonyl (C=O) groups is 1. The number of urea groups is 1. The lowest BCUT2D eigenvalue weighted by molar-refractivity contribution is -0.384. The Morgan fingerprint density at radius 2 is 1.67 bits per heavy atom. The van der Waals surface area contributed by atoms with Crippen LogP contribution in [0.4, 0.5) is 21.9 Å². The van der Waals surface area contributed by atoms with Crippen LogP contribution in [0.1, 0.15) is 5.56 Å². The van der Waals surface area contributed by atoms with Crippen LogP contribution in [0.5, 0.6) is 0 Å². The summed E-state index contributed by atoms with van der Waals surface area (Å²) in [4.78, 5) is 22.0. The van der Waals surface area contributed by atoms with Crippen LogP contribution in [0, 0.1) is 17.0 Å². The Labute approximate surface area is 125 Å². The van der Waals surface area contributed by atoms with Gasteiger partial charge in [0.2, 0.25) is 0 Å². The van der Waals surface area contributed by atoms with Crippen LogP contribution in [-0.4, -0.2) is 11.0 Å². The molecule has 6 nitrogen and oxygen atoms in total. The predicted octanol–water partition coefficient (Wildman–Crippen LogP) is 4.20. The number of aryl methyl sites for hydroxylation is 1. The first-order valence-corrected chi connectivity index (χ1v) is 6.42. The van der Waals surface area contributed by atoms with Crippen LogP contribution >= 0.6 is 11.6 Å². The van der Waals surface area contributed by atoms with Crippen LogP contribution in [0.15, 0.2) is 42.5 Å². The molecule has 0 spiro atoms. The molecule has 2 rings (SSSR count). The molecule has 0 aliphatic rings.